The van der Waals surface area contributed by atoms with Crippen LogP contribution in [0.1, 0.15) is 24.8 Å². The number of hydrogen-bond acceptors (Lipinski definition) is 4. The van der Waals surface area contributed by atoms with E-state index in [9.17, 15) is 4.79 Å². The van der Waals surface area contributed by atoms with Gasteiger partial charge < -0.3 is 20.1 Å². The van der Waals surface area contributed by atoms with E-state index in [1.54, 1.807) is 0 Å². The fourth-order valence-corrected chi connectivity index (χ4v) is 2.49. The van der Waals surface area contributed by atoms with E-state index in [0.717, 1.165) is 30.9 Å². The molecule has 2 aliphatic rings. The number of piperidine rings is 1. The quantitative estimate of drug-likeness (QED) is 0.871. The summed E-state index contributed by atoms with van der Waals surface area (Å²) in [5.41, 5.74) is 1.17. The number of carbonyl (C=O) groups is 1. The molecule has 0 bridgehead atoms. The van der Waals surface area contributed by atoms with Gasteiger partial charge in [0.1, 0.15) is 0 Å². The molecule has 1 atom stereocenters. The third-order valence-corrected chi connectivity index (χ3v) is 3.67. The van der Waals surface area contributed by atoms with E-state index in [1.165, 1.54) is 5.56 Å². The maximum Gasteiger partial charge on any atom is 0.220 e. The number of rotatable bonds is 3. The summed E-state index contributed by atoms with van der Waals surface area (Å²) in [5.74, 6) is 1.81. The molecule has 3 rings (SSSR count). The monoisotopic (exact) mass is 276 g/mol. The number of amides is 1. The Balaban J connectivity index is 1.57. The highest BCUT2D eigenvalue weighted by Crippen LogP contribution is 2.30. The van der Waals surface area contributed by atoms with Gasteiger partial charge in [0.25, 0.3) is 0 Å². The van der Waals surface area contributed by atoms with E-state index in [4.69, 9.17) is 9.47 Å². The largest absolute Gasteiger partial charge is 0.490 e. The van der Waals surface area contributed by atoms with Gasteiger partial charge in [0.2, 0.25) is 5.91 Å². The molecule has 0 saturated carbocycles. The molecule has 1 amide bonds. The standard InChI is InChI=1S/C15H20N2O3/c18-15-5-3-12(10-17-15)16-9-11-2-4-13-14(8-11)20-7-1-6-19-13/h2,4,8,12,16H,1,3,5-7,9-10H2,(H,17,18). The summed E-state index contributed by atoms with van der Waals surface area (Å²) in [4.78, 5) is 11.1. The van der Waals surface area contributed by atoms with Crippen molar-refractivity contribution in [2.24, 2.45) is 0 Å². The number of hydrogen-bond donors (Lipinski definition) is 2. The van der Waals surface area contributed by atoms with Gasteiger partial charge in [0.05, 0.1) is 13.2 Å². The van der Waals surface area contributed by atoms with Crippen molar-refractivity contribution in [2.75, 3.05) is 19.8 Å². The van der Waals surface area contributed by atoms with Crippen molar-refractivity contribution < 1.29 is 14.3 Å². The molecule has 1 saturated heterocycles. The lowest BCUT2D eigenvalue weighted by atomic mass is 10.1. The van der Waals surface area contributed by atoms with Crippen molar-refractivity contribution >= 4 is 5.91 Å². The van der Waals surface area contributed by atoms with Gasteiger partial charge in [-0.25, -0.2) is 0 Å². The van der Waals surface area contributed by atoms with Crippen molar-refractivity contribution in [3.8, 4) is 11.5 Å². The third kappa shape index (κ3) is 3.22. The van der Waals surface area contributed by atoms with Crippen LogP contribution in [0.25, 0.3) is 0 Å². The lowest BCUT2D eigenvalue weighted by Gasteiger charge is -2.23. The average Bonchev–Trinajstić information content (AvgIpc) is 2.71. The van der Waals surface area contributed by atoms with Gasteiger partial charge in [-0.05, 0) is 24.1 Å². The molecule has 1 aromatic carbocycles. The summed E-state index contributed by atoms with van der Waals surface area (Å²) < 4.78 is 11.3. The maximum absolute atomic E-state index is 11.1. The van der Waals surface area contributed by atoms with Crippen molar-refractivity contribution in [3.05, 3.63) is 23.8 Å². The molecule has 2 aliphatic heterocycles. The van der Waals surface area contributed by atoms with Gasteiger partial charge in [0, 0.05) is 32.0 Å². The van der Waals surface area contributed by atoms with Gasteiger partial charge >= 0.3 is 0 Å². The summed E-state index contributed by atoms with van der Waals surface area (Å²) in [6.45, 7) is 2.91. The first kappa shape index (κ1) is 13.2. The molecule has 0 radical (unpaired) electrons. The van der Waals surface area contributed by atoms with Crippen molar-refractivity contribution in [2.45, 2.75) is 31.8 Å². The van der Waals surface area contributed by atoms with Crippen LogP contribution in [-0.2, 0) is 11.3 Å². The fourth-order valence-electron chi connectivity index (χ4n) is 2.49. The van der Waals surface area contributed by atoms with Gasteiger partial charge in [-0.1, -0.05) is 6.07 Å². The first-order valence-electron chi connectivity index (χ1n) is 7.20. The van der Waals surface area contributed by atoms with Crippen molar-refractivity contribution in [3.63, 3.8) is 0 Å². The Morgan fingerprint density at radius 3 is 2.90 bits per heavy atom. The fraction of sp³-hybridized carbons (Fsp3) is 0.533. The Morgan fingerprint density at radius 2 is 2.10 bits per heavy atom. The van der Waals surface area contributed by atoms with Crippen LogP contribution in [-0.4, -0.2) is 31.7 Å². The van der Waals surface area contributed by atoms with Crippen LogP contribution in [0.5, 0.6) is 11.5 Å². The van der Waals surface area contributed by atoms with E-state index >= 15 is 0 Å². The Kier molecular flexibility index (Phi) is 4.06. The highest BCUT2D eigenvalue weighted by molar-refractivity contribution is 5.76. The first-order valence-corrected chi connectivity index (χ1v) is 7.20. The average molecular weight is 276 g/mol. The van der Waals surface area contributed by atoms with Gasteiger partial charge in [-0.15, -0.1) is 0 Å². The zero-order valence-corrected chi connectivity index (χ0v) is 11.5. The van der Waals surface area contributed by atoms with Crippen molar-refractivity contribution in [1.82, 2.24) is 10.6 Å². The zero-order valence-electron chi connectivity index (χ0n) is 11.5. The van der Waals surface area contributed by atoms with E-state index in [0.29, 0.717) is 32.2 Å². The summed E-state index contributed by atoms with van der Waals surface area (Å²) >= 11 is 0. The van der Waals surface area contributed by atoms with E-state index in [2.05, 4.69) is 16.7 Å². The highest BCUT2D eigenvalue weighted by atomic mass is 16.5. The van der Waals surface area contributed by atoms with E-state index in [-0.39, 0.29) is 5.91 Å². The predicted octanol–water partition coefficient (Wildman–Crippen LogP) is 1.22. The molecule has 1 aromatic rings. The summed E-state index contributed by atoms with van der Waals surface area (Å²) in [7, 11) is 0. The minimum absolute atomic E-state index is 0.152. The van der Waals surface area contributed by atoms with Crippen LogP contribution in [0.15, 0.2) is 18.2 Å². The molecule has 108 valence electrons. The lowest BCUT2D eigenvalue weighted by Crippen LogP contribution is -2.45. The number of ether oxygens (including phenoxy) is 2. The Labute approximate surface area is 118 Å². The van der Waals surface area contributed by atoms with Gasteiger partial charge in [-0.2, -0.15) is 0 Å². The molecular formula is C15H20N2O3. The molecule has 0 aliphatic carbocycles. The maximum atomic E-state index is 11.1. The molecule has 1 unspecified atom stereocenters. The molecule has 0 spiro atoms. The van der Waals surface area contributed by atoms with Gasteiger partial charge in [0.15, 0.2) is 11.5 Å². The second kappa shape index (κ2) is 6.13. The molecule has 2 N–H and O–H groups in total. The molecule has 5 heteroatoms. The molecule has 2 heterocycles. The molecule has 0 aromatic heterocycles. The summed E-state index contributed by atoms with van der Waals surface area (Å²) in [6, 6.07) is 6.42. The summed E-state index contributed by atoms with van der Waals surface area (Å²) in [5, 5.41) is 6.35. The minimum atomic E-state index is 0.152. The highest BCUT2D eigenvalue weighted by Gasteiger charge is 2.17. The number of carbonyl (C=O) groups excluding carboxylic acids is 1. The van der Waals surface area contributed by atoms with E-state index in [1.807, 2.05) is 12.1 Å². The Hall–Kier alpha value is -1.75. The normalized spacial score (nSPS) is 22.0. The number of benzene rings is 1. The Bertz CT molecular complexity index is 480. The molecular weight excluding hydrogens is 256 g/mol. The number of fused-ring (bicyclic) bond motifs is 1. The molecule has 1 fully saturated rings. The second-order valence-corrected chi connectivity index (χ2v) is 5.25. The topological polar surface area (TPSA) is 59.6 Å². The van der Waals surface area contributed by atoms with Crippen molar-refractivity contribution in [1.29, 1.82) is 0 Å². The van der Waals surface area contributed by atoms with Crippen LogP contribution in [0, 0.1) is 0 Å². The van der Waals surface area contributed by atoms with E-state index < -0.39 is 0 Å². The SMILES string of the molecule is O=C1CCC(NCc2ccc3c(c2)OCCCO3)CN1. The summed E-state index contributed by atoms with van der Waals surface area (Å²) in [6.07, 6.45) is 2.43. The van der Waals surface area contributed by atoms with Gasteiger partial charge in [-0.3, -0.25) is 4.79 Å². The van der Waals surface area contributed by atoms with Crippen LogP contribution in [0.4, 0.5) is 0 Å². The van der Waals surface area contributed by atoms with Crippen LogP contribution in [0.3, 0.4) is 0 Å². The van der Waals surface area contributed by atoms with Crippen LogP contribution >= 0.6 is 0 Å². The first-order chi connectivity index (χ1) is 9.81. The zero-order chi connectivity index (χ0) is 13.8. The van der Waals surface area contributed by atoms with Crippen LogP contribution in [0.2, 0.25) is 0 Å². The van der Waals surface area contributed by atoms with Crippen LogP contribution < -0.4 is 20.1 Å². The smallest absolute Gasteiger partial charge is 0.220 e. The molecule has 5 nitrogen and oxygen atoms in total. The molecule has 20 heavy (non-hydrogen) atoms. The predicted molar refractivity (Wildman–Crippen MR) is 74.9 cm³/mol. The lowest BCUT2D eigenvalue weighted by molar-refractivity contribution is -0.122. The number of nitrogens with one attached hydrogen (secondary N) is 2. The minimum Gasteiger partial charge on any atom is -0.490 e. The Morgan fingerprint density at radius 1 is 1.25 bits per heavy atom. The second-order valence-electron chi connectivity index (χ2n) is 5.25. The third-order valence-electron chi connectivity index (χ3n) is 3.67.